The molecule has 6 nitrogen and oxygen atoms in total. The SMILES string of the molecule is CNc1ncc(-c2cccc(OCC(F)(F)CN3CCCC3)c2)c(N)n1. The van der Waals surface area contributed by atoms with Crippen molar-refractivity contribution in [2.75, 3.05) is 44.3 Å². The minimum Gasteiger partial charge on any atom is -0.487 e. The van der Waals surface area contributed by atoms with Gasteiger partial charge in [-0.2, -0.15) is 4.98 Å². The number of nitrogen functional groups attached to an aromatic ring is 1. The second-order valence-corrected chi connectivity index (χ2v) is 6.40. The van der Waals surface area contributed by atoms with Crippen molar-refractivity contribution in [3.05, 3.63) is 30.5 Å². The van der Waals surface area contributed by atoms with Gasteiger partial charge in [-0.25, -0.2) is 13.8 Å². The van der Waals surface area contributed by atoms with Crippen LogP contribution in [0.2, 0.25) is 0 Å². The number of likely N-dealkylation sites (tertiary alicyclic amines) is 1. The van der Waals surface area contributed by atoms with Gasteiger partial charge in [-0.15, -0.1) is 0 Å². The average molecular weight is 363 g/mol. The van der Waals surface area contributed by atoms with Gasteiger partial charge in [0.1, 0.15) is 11.6 Å². The van der Waals surface area contributed by atoms with Crippen molar-refractivity contribution in [3.8, 4) is 16.9 Å². The zero-order chi connectivity index (χ0) is 18.6. The first-order valence-electron chi connectivity index (χ1n) is 8.60. The molecule has 26 heavy (non-hydrogen) atoms. The van der Waals surface area contributed by atoms with E-state index >= 15 is 0 Å². The second-order valence-electron chi connectivity index (χ2n) is 6.40. The zero-order valence-corrected chi connectivity index (χ0v) is 14.7. The Hall–Kier alpha value is -2.48. The maximum atomic E-state index is 14.1. The smallest absolute Gasteiger partial charge is 0.293 e. The summed E-state index contributed by atoms with van der Waals surface area (Å²) >= 11 is 0. The number of rotatable bonds is 7. The summed E-state index contributed by atoms with van der Waals surface area (Å²) in [5.41, 5.74) is 7.29. The number of nitrogens with zero attached hydrogens (tertiary/aromatic N) is 3. The van der Waals surface area contributed by atoms with Gasteiger partial charge in [0.25, 0.3) is 5.92 Å². The fourth-order valence-electron chi connectivity index (χ4n) is 2.99. The molecule has 1 aliphatic rings. The van der Waals surface area contributed by atoms with Gasteiger partial charge in [0.05, 0.1) is 6.54 Å². The van der Waals surface area contributed by atoms with Crippen LogP contribution < -0.4 is 15.8 Å². The molecule has 8 heteroatoms. The van der Waals surface area contributed by atoms with Crippen LogP contribution >= 0.6 is 0 Å². The van der Waals surface area contributed by atoms with Crippen LogP contribution in [-0.2, 0) is 0 Å². The molecular formula is C18H23F2N5O. The lowest BCUT2D eigenvalue weighted by Gasteiger charge is -2.23. The normalized spacial score (nSPS) is 15.2. The van der Waals surface area contributed by atoms with Crippen molar-refractivity contribution in [2.45, 2.75) is 18.8 Å². The molecule has 0 unspecified atom stereocenters. The van der Waals surface area contributed by atoms with Crippen LogP contribution in [0.15, 0.2) is 30.5 Å². The summed E-state index contributed by atoms with van der Waals surface area (Å²) in [6, 6.07) is 6.85. The van der Waals surface area contributed by atoms with Gasteiger partial charge in [-0.3, -0.25) is 4.90 Å². The Labute approximate surface area is 151 Å². The first-order chi connectivity index (χ1) is 12.5. The van der Waals surface area contributed by atoms with Gasteiger partial charge in [-0.1, -0.05) is 12.1 Å². The third kappa shape index (κ3) is 4.57. The number of alkyl halides is 2. The Morgan fingerprint density at radius 1 is 1.31 bits per heavy atom. The highest BCUT2D eigenvalue weighted by atomic mass is 19.3. The summed E-state index contributed by atoms with van der Waals surface area (Å²) < 4.78 is 33.6. The fourth-order valence-corrected chi connectivity index (χ4v) is 2.99. The molecule has 0 saturated carbocycles. The summed E-state index contributed by atoms with van der Waals surface area (Å²) in [6.45, 7) is 0.538. The van der Waals surface area contributed by atoms with Crippen molar-refractivity contribution < 1.29 is 13.5 Å². The van der Waals surface area contributed by atoms with E-state index in [9.17, 15) is 8.78 Å². The van der Waals surface area contributed by atoms with Crippen molar-refractivity contribution >= 4 is 11.8 Å². The van der Waals surface area contributed by atoms with E-state index in [-0.39, 0.29) is 6.54 Å². The van der Waals surface area contributed by atoms with E-state index in [4.69, 9.17) is 10.5 Å². The van der Waals surface area contributed by atoms with Crippen LogP contribution in [0.5, 0.6) is 5.75 Å². The maximum absolute atomic E-state index is 14.1. The molecule has 1 aliphatic heterocycles. The highest BCUT2D eigenvalue weighted by molar-refractivity contribution is 5.74. The van der Waals surface area contributed by atoms with Crippen molar-refractivity contribution in [1.29, 1.82) is 0 Å². The fraction of sp³-hybridized carbons (Fsp3) is 0.444. The Morgan fingerprint density at radius 3 is 2.77 bits per heavy atom. The van der Waals surface area contributed by atoms with Crippen LogP contribution in [0.25, 0.3) is 11.1 Å². The molecule has 1 saturated heterocycles. The van der Waals surface area contributed by atoms with E-state index in [1.807, 2.05) is 6.07 Å². The predicted molar refractivity (Wildman–Crippen MR) is 97.5 cm³/mol. The third-order valence-corrected chi connectivity index (χ3v) is 4.29. The van der Waals surface area contributed by atoms with E-state index in [1.165, 1.54) is 0 Å². The number of benzene rings is 1. The Morgan fingerprint density at radius 2 is 2.08 bits per heavy atom. The molecule has 0 atom stereocenters. The molecule has 2 aromatic rings. The van der Waals surface area contributed by atoms with Crippen molar-refractivity contribution in [3.63, 3.8) is 0 Å². The molecule has 0 aliphatic carbocycles. The number of nitrogens with two attached hydrogens (primary N) is 1. The van der Waals surface area contributed by atoms with E-state index in [1.54, 1.807) is 36.3 Å². The third-order valence-electron chi connectivity index (χ3n) is 4.29. The van der Waals surface area contributed by atoms with E-state index in [2.05, 4.69) is 15.3 Å². The molecule has 1 aromatic heterocycles. The highest BCUT2D eigenvalue weighted by Crippen LogP contribution is 2.28. The molecule has 1 aromatic carbocycles. The van der Waals surface area contributed by atoms with Gasteiger partial charge < -0.3 is 15.8 Å². The van der Waals surface area contributed by atoms with Gasteiger partial charge in [0, 0.05) is 18.8 Å². The number of aromatic nitrogens is 2. The minimum atomic E-state index is -2.89. The molecule has 0 radical (unpaired) electrons. The Bertz CT molecular complexity index is 750. The van der Waals surface area contributed by atoms with E-state index < -0.39 is 12.5 Å². The van der Waals surface area contributed by atoms with E-state index in [0.29, 0.717) is 28.6 Å². The van der Waals surface area contributed by atoms with Crippen LogP contribution in [0.4, 0.5) is 20.5 Å². The van der Waals surface area contributed by atoms with E-state index in [0.717, 1.165) is 25.9 Å². The quantitative estimate of drug-likeness (QED) is 0.788. The largest absolute Gasteiger partial charge is 0.487 e. The minimum absolute atomic E-state index is 0.265. The number of hydrogen-bond acceptors (Lipinski definition) is 6. The summed E-state index contributed by atoms with van der Waals surface area (Å²) in [7, 11) is 1.70. The number of hydrogen-bond donors (Lipinski definition) is 2. The summed E-state index contributed by atoms with van der Waals surface area (Å²) in [5, 5.41) is 2.81. The lowest BCUT2D eigenvalue weighted by Crippen LogP contribution is -2.39. The molecule has 1 fully saturated rings. The molecule has 2 heterocycles. The molecule has 0 amide bonds. The second kappa shape index (κ2) is 7.82. The molecule has 0 spiro atoms. The van der Waals surface area contributed by atoms with Crippen molar-refractivity contribution in [2.24, 2.45) is 0 Å². The Kier molecular flexibility index (Phi) is 5.51. The Balaban J connectivity index is 1.67. The molecule has 3 rings (SSSR count). The van der Waals surface area contributed by atoms with Crippen LogP contribution in [-0.4, -0.2) is 54.1 Å². The first kappa shape index (κ1) is 18.3. The lowest BCUT2D eigenvalue weighted by atomic mass is 10.1. The zero-order valence-electron chi connectivity index (χ0n) is 14.7. The number of anilines is 2. The van der Waals surface area contributed by atoms with Crippen LogP contribution in [0.1, 0.15) is 12.8 Å². The standard InChI is InChI=1S/C18H23F2N5O/c1-22-17-23-10-15(16(21)24-17)13-5-4-6-14(9-13)26-12-18(19,20)11-25-7-2-3-8-25/h4-6,9-10H,2-3,7-8,11-12H2,1H3,(H3,21,22,23,24). The van der Waals surface area contributed by atoms with Gasteiger partial charge in [0.2, 0.25) is 5.95 Å². The van der Waals surface area contributed by atoms with Crippen molar-refractivity contribution in [1.82, 2.24) is 14.9 Å². The monoisotopic (exact) mass is 363 g/mol. The highest BCUT2D eigenvalue weighted by Gasteiger charge is 2.33. The molecule has 140 valence electrons. The van der Waals surface area contributed by atoms with Gasteiger partial charge in [0.15, 0.2) is 6.61 Å². The topological polar surface area (TPSA) is 76.3 Å². The maximum Gasteiger partial charge on any atom is 0.293 e. The molecule has 3 N–H and O–H groups in total. The lowest BCUT2D eigenvalue weighted by molar-refractivity contribution is -0.0615. The number of ether oxygens (including phenoxy) is 1. The van der Waals surface area contributed by atoms with Gasteiger partial charge in [-0.05, 0) is 43.6 Å². The molecular weight excluding hydrogens is 340 g/mol. The van der Waals surface area contributed by atoms with Crippen LogP contribution in [0, 0.1) is 0 Å². The average Bonchev–Trinajstić information content (AvgIpc) is 3.12. The predicted octanol–water partition coefficient (Wildman–Crippen LogP) is 2.88. The summed E-state index contributed by atoms with van der Waals surface area (Å²) in [4.78, 5) is 10.0. The summed E-state index contributed by atoms with van der Waals surface area (Å²) in [6.07, 6.45) is 3.55. The van der Waals surface area contributed by atoms with Crippen LogP contribution in [0.3, 0.4) is 0 Å². The van der Waals surface area contributed by atoms with Gasteiger partial charge >= 0.3 is 0 Å². The first-order valence-corrected chi connectivity index (χ1v) is 8.60. The number of nitrogens with one attached hydrogen (secondary N) is 1. The molecule has 0 bridgehead atoms. The summed E-state index contributed by atoms with van der Waals surface area (Å²) in [5.74, 6) is -1.81. The number of halogens is 2.